The lowest BCUT2D eigenvalue weighted by molar-refractivity contribution is -0.142. The quantitative estimate of drug-likeness (QED) is 0.718. The molecule has 0 saturated carbocycles. The summed E-state index contributed by atoms with van der Waals surface area (Å²) in [6.45, 7) is 1.63. The zero-order valence-electron chi connectivity index (χ0n) is 14.8. The molecule has 0 spiro atoms. The van der Waals surface area contributed by atoms with E-state index in [2.05, 4.69) is 5.32 Å². The Bertz CT molecular complexity index is 812. The van der Waals surface area contributed by atoms with Crippen LogP contribution in [0.15, 0.2) is 42.5 Å². The SMILES string of the molecule is CNC(=O)C(C)N(Cc1ccc(Cl)cc1)C(=O)COc1ccc(Cl)cc1Cl. The second kappa shape index (κ2) is 9.83. The summed E-state index contributed by atoms with van der Waals surface area (Å²) in [4.78, 5) is 26.3. The molecular formula is C19H19Cl3N2O3. The number of nitrogens with one attached hydrogen (secondary N) is 1. The van der Waals surface area contributed by atoms with Gasteiger partial charge in [-0.3, -0.25) is 9.59 Å². The average molecular weight is 430 g/mol. The van der Waals surface area contributed by atoms with Gasteiger partial charge in [-0.1, -0.05) is 46.9 Å². The van der Waals surface area contributed by atoms with E-state index in [-0.39, 0.29) is 25.0 Å². The van der Waals surface area contributed by atoms with Gasteiger partial charge in [-0.15, -0.1) is 0 Å². The number of likely N-dealkylation sites (N-methyl/N-ethyl adjacent to an activating group) is 1. The molecule has 0 fully saturated rings. The molecule has 0 radical (unpaired) electrons. The van der Waals surface area contributed by atoms with E-state index in [1.54, 1.807) is 43.3 Å². The minimum Gasteiger partial charge on any atom is -0.482 e. The third-order valence-corrected chi connectivity index (χ3v) is 4.71. The van der Waals surface area contributed by atoms with Gasteiger partial charge >= 0.3 is 0 Å². The number of hydrogen-bond donors (Lipinski definition) is 1. The van der Waals surface area contributed by atoms with Crippen molar-refractivity contribution in [2.24, 2.45) is 0 Å². The first kappa shape index (κ1) is 21.4. The van der Waals surface area contributed by atoms with Gasteiger partial charge in [-0.25, -0.2) is 0 Å². The Kier molecular flexibility index (Phi) is 7.78. The van der Waals surface area contributed by atoms with Crippen LogP contribution >= 0.6 is 34.8 Å². The molecule has 2 aromatic rings. The predicted octanol–water partition coefficient (Wildman–Crippen LogP) is 4.19. The number of hydrogen-bond acceptors (Lipinski definition) is 3. The zero-order valence-corrected chi connectivity index (χ0v) is 17.1. The largest absolute Gasteiger partial charge is 0.482 e. The summed E-state index contributed by atoms with van der Waals surface area (Å²) >= 11 is 17.8. The Labute approximate surface area is 173 Å². The lowest BCUT2D eigenvalue weighted by Crippen LogP contribution is -2.48. The van der Waals surface area contributed by atoms with Crippen molar-refractivity contribution >= 4 is 46.6 Å². The van der Waals surface area contributed by atoms with E-state index in [0.29, 0.717) is 20.8 Å². The van der Waals surface area contributed by atoms with Crippen molar-refractivity contribution in [1.82, 2.24) is 10.2 Å². The highest BCUT2D eigenvalue weighted by molar-refractivity contribution is 6.35. The smallest absolute Gasteiger partial charge is 0.261 e. The van der Waals surface area contributed by atoms with E-state index in [0.717, 1.165) is 5.56 Å². The topological polar surface area (TPSA) is 58.6 Å². The molecule has 0 bridgehead atoms. The van der Waals surface area contributed by atoms with Crippen LogP contribution in [0.4, 0.5) is 0 Å². The molecular weight excluding hydrogens is 411 g/mol. The predicted molar refractivity (Wildman–Crippen MR) is 107 cm³/mol. The molecule has 5 nitrogen and oxygen atoms in total. The van der Waals surface area contributed by atoms with Gasteiger partial charge in [0, 0.05) is 23.6 Å². The minimum absolute atomic E-state index is 0.238. The van der Waals surface area contributed by atoms with Crippen molar-refractivity contribution in [1.29, 1.82) is 0 Å². The molecule has 27 heavy (non-hydrogen) atoms. The van der Waals surface area contributed by atoms with Crippen LogP contribution in [0.5, 0.6) is 5.75 Å². The molecule has 1 N–H and O–H groups in total. The summed E-state index contributed by atoms with van der Waals surface area (Å²) in [5.41, 5.74) is 0.841. The van der Waals surface area contributed by atoms with Gasteiger partial charge in [0.1, 0.15) is 11.8 Å². The Hall–Kier alpha value is -1.95. The zero-order chi connectivity index (χ0) is 20.0. The molecule has 0 aliphatic heterocycles. The summed E-state index contributed by atoms with van der Waals surface area (Å²) in [5.74, 6) is -0.289. The maximum Gasteiger partial charge on any atom is 0.261 e. The molecule has 1 unspecified atom stereocenters. The Morgan fingerprint density at radius 1 is 1.07 bits per heavy atom. The van der Waals surface area contributed by atoms with Gasteiger partial charge in [0.05, 0.1) is 5.02 Å². The average Bonchev–Trinajstić information content (AvgIpc) is 2.65. The van der Waals surface area contributed by atoms with Crippen molar-refractivity contribution < 1.29 is 14.3 Å². The van der Waals surface area contributed by atoms with Gasteiger partial charge in [0.2, 0.25) is 5.91 Å². The highest BCUT2D eigenvalue weighted by Crippen LogP contribution is 2.27. The highest BCUT2D eigenvalue weighted by Gasteiger charge is 2.26. The summed E-state index contributed by atoms with van der Waals surface area (Å²) in [6.07, 6.45) is 0. The maximum absolute atomic E-state index is 12.8. The third-order valence-electron chi connectivity index (χ3n) is 3.92. The molecule has 1 atom stereocenters. The summed E-state index contributed by atoms with van der Waals surface area (Å²) in [6, 6.07) is 11.1. The van der Waals surface area contributed by atoms with Gasteiger partial charge in [-0.05, 0) is 42.8 Å². The van der Waals surface area contributed by atoms with Crippen LogP contribution in [0.1, 0.15) is 12.5 Å². The number of carbonyl (C=O) groups is 2. The van der Waals surface area contributed by atoms with Crippen LogP contribution in [0.2, 0.25) is 15.1 Å². The van der Waals surface area contributed by atoms with Crippen LogP contribution in [0, 0.1) is 0 Å². The van der Waals surface area contributed by atoms with Gasteiger partial charge in [-0.2, -0.15) is 0 Å². The van der Waals surface area contributed by atoms with E-state index in [9.17, 15) is 9.59 Å². The fourth-order valence-corrected chi connectivity index (χ4v) is 2.98. The molecule has 0 aliphatic rings. The summed E-state index contributed by atoms with van der Waals surface area (Å²) in [5, 5.41) is 3.92. The first-order chi connectivity index (χ1) is 12.8. The molecule has 0 aliphatic carbocycles. The fourth-order valence-electron chi connectivity index (χ4n) is 2.39. The number of carbonyl (C=O) groups excluding carboxylic acids is 2. The summed E-state index contributed by atoms with van der Waals surface area (Å²) < 4.78 is 5.52. The number of nitrogens with zero attached hydrogens (tertiary/aromatic N) is 1. The molecule has 0 aromatic heterocycles. The second-order valence-corrected chi connectivity index (χ2v) is 7.08. The van der Waals surface area contributed by atoms with Crippen LogP contribution in [-0.2, 0) is 16.1 Å². The van der Waals surface area contributed by atoms with Gasteiger partial charge in [0.15, 0.2) is 6.61 Å². The normalized spacial score (nSPS) is 11.6. The third kappa shape index (κ3) is 6.03. The van der Waals surface area contributed by atoms with E-state index in [4.69, 9.17) is 39.5 Å². The summed E-state index contributed by atoms with van der Waals surface area (Å²) in [7, 11) is 1.52. The van der Waals surface area contributed by atoms with Crippen LogP contribution in [0.3, 0.4) is 0 Å². The van der Waals surface area contributed by atoms with Crippen molar-refractivity contribution in [3.8, 4) is 5.75 Å². The van der Waals surface area contributed by atoms with Crippen LogP contribution in [0.25, 0.3) is 0 Å². The highest BCUT2D eigenvalue weighted by atomic mass is 35.5. The van der Waals surface area contributed by atoms with Crippen LogP contribution < -0.4 is 10.1 Å². The van der Waals surface area contributed by atoms with E-state index in [1.165, 1.54) is 18.0 Å². The van der Waals surface area contributed by atoms with Crippen molar-refractivity contribution in [2.45, 2.75) is 19.5 Å². The molecule has 2 rings (SSSR count). The van der Waals surface area contributed by atoms with Crippen molar-refractivity contribution in [2.75, 3.05) is 13.7 Å². The molecule has 0 heterocycles. The molecule has 8 heteroatoms. The number of rotatable bonds is 7. The fraction of sp³-hybridized carbons (Fsp3) is 0.263. The molecule has 2 amide bonds. The lowest BCUT2D eigenvalue weighted by Gasteiger charge is -2.28. The maximum atomic E-state index is 12.8. The van der Waals surface area contributed by atoms with Crippen molar-refractivity contribution in [3.05, 3.63) is 63.1 Å². The minimum atomic E-state index is -0.678. The Morgan fingerprint density at radius 3 is 2.30 bits per heavy atom. The van der Waals surface area contributed by atoms with Crippen molar-refractivity contribution in [3.63, 3.8) is 0 Å². The van der Waals surface area contributed by atoms with Gasteiger partial charge < -0.3 is 15.0 Å². The standard InChI is InChI=1S/C19H19Cl3N2O3/c1-12(19(26)23-2)24(10-13-3-5-14(20)6-4-13)18(25)11-27-17-8-7-15(21)9-16(17)22/h3-9,12H,10-11H2,1-2H3,(H,23,26). The number of ether oxygens (including phenoxy) is 1. The monoisotopic (exact) mass is 428 g/mol. The molecule has 144 valence electrons. The molecule has 0 saturated heterocycles. The van der Waals surface area contributed by atoms with Gasteiger partial charge in [0.25, 0.3) is 5.91 Å². The molecule has 2 aromatic carbocycles. The number of halogens is 3. The number of amides is 2. The first-order valence-electron chi connectivity index (χ1n) is 8.15. The van der Waals surface area contributed by atoms with E-state index >= 15 is 0 Å². The second-order valence-electron chi connectivity index (χ2n) is 5.80. The Balaban J connectivity index is 2.14. The lowest BCUT2D eigenvalue weighted by atomic mass is 10.1. The van der Waals surface area contributed by atoms with Crippen LogP contribution in [-0.4, -0.2) is 36.4 Å². The number of benzene rings is 2. The first-order valence-corrected chi connectivity index (χ1v) is 9.28. The van der Waals surface area contributed by atoms with E-state index in [1.807, 2.05) is 0 Å². The van der Waals surface area contributed by atoms with E-state index < -0.39 is 6.04 Å². The Morgan fingerprint density at radius 2 is 1.70 bits per heavy atom.